The molecular formula is C30H33F5O. The van der Waals surface area contributed by atoms with Crippen molar-refractivity contribution < 1.29 is 26.7 Å². The first-order chi connectivity index (χ1) is 17.2. The Morgan fingerprint density at radius 2 is 1.67 bits per heavy atom. The Kier molecular flexibility index (Phi) is 8.53. The molecule has 3 aromatic rings. The summed E-state index contributed by atoms with van der Waals surface area (Å²) in [6, 6.07) is 13.6. The summed E-state index contributed by atoms with van der Waals surface area (Å²) < 4.78 is 70.8. The minimum absolute atomic E-state index is 0.270. The molecular weight excluding hydrogens is 471 g/mol. The Balaban J connectivity index is 1.39. The van der Waals surface area contributed by atoms with Crippen molar-refractivity contribution in [3.63, 3.8) is 0 Å². The van der Waals surface area contributed by atoms with Crippen LogP contribution in [0, 0.1) is 17.6 Å². The summed E-state index contributed by atoms with van der Waals surface area (Å²) in [5, 5.41) is 1.47. The van der Waals surface area contributed by atoms with Gasteiger partial charge in [0.2, 0.25) is 0 Å². The number of benzene rings is 3. The van der Waals surface area contributed by atoms with E-state index in [1.54, 1.807) is 6.07 Å². The van der Waals surface area contributed by atoms with Crippen LogP contribution in [0.5, 0.6) is 5.75 Å². The van der Waals surface area contributed by atoms with E-state index < -0.39 is 24.3 Å². The molecule has 0 N–H and O–H groups in total. The zero-order chi connectivity index (χ0) is 25.7. The highest BCUT2D eigenvalue weighted by atomic mass is 19.4. The maximum atomic E-state index is 15.3. The lowest BCUT2D eigenvalue weighted by Gasteiger charge is -2.29. The van der Waals surface area contributed by atoms with Crippen molar-refractivity contribution in [3.8, 4) is 5.75 Å². The largest absolute Gasteiger partial charge is 0.481 e. The van der Waals surface area contributed by atoms with Crippen LogP contribution in [0.3, 0.4) is 0 Å². The summed E-state index contributed by atoms with van der Waals surface area (Å²) in [5.74, 6) is -0.194. The van der Waals surface area contributed by atoms with Crippen molar-refractivity contribution in [1.29, 1.82) is 0 Å². The fourth-order valence-electron chi connectivity index (χ4n) is 5.34. The smallest absolute Gasteiger partial charge is 0.422 e. The van der Waals surface area contributed by atoms with E-state index in [2.05, 4.69) is 23.8 Å². The Morgan fingerprint density at radius 3 is 2.36 bits per heavy atom. The number of hydrogen-bond donors (Lipinski definition) is 0. The van der Waals surface area contributed by atoms with Gasteiger partial charge in [-0.05, 0) is 84.6 Å². The van der Waals surface area contributed by atoms with Crippen LogP contribution in [0.2, 0.25) is 0 Å². The van der Waals surface area contributed by atoms with Crippen LogP contribution in [0.1, 0.15) is 74.5 Å². The Labute approximate surface area is 209 Å². The van der Waals surface area contributed by atoms with Crippen LogP contribution in [-0.2, 0) is 12.8 Å². The van der Waals surface area contributed by atoms with Gasteiger partial charge >= 0.3 is 6.18 Å². The molecule has 0 aromatic heterocycles. The van der Waals surface area contributed by atoms with E-state index >= 15 is 4.39 Å². The first kappa shape index (κ1) is 26.4. The quantitative estimate of drug-likeness (QED) is 0.264. The minimum Gasteiger partial charge on any atom is -0.481 e. The SMILES string of the molecule is CCCCC1CCC(c2ccc3c(F)c(CCc4ccc(OCC(F)(F)F)c(F)c4)ccc3c2)CC1. The highest BCUT2D eigenvalue weighted by Crippen LogP contribution is 2.39. The minimum atomic E-state index is -4.53. The third-order valence-electron chi connectivity index (χ3n) is 7.41. The zero-order valence-corrected chi connectivity index (χ0v) is 20.6. The normalized spacial score (nSPS) is 18.5. The van der Waals surface area contributed by atoms with Crippen molar-refractivity contribution in [3.05, 3.63) is 76.9 Å². The van der Waals surface area contributed by atoms with Crippen LogP contribution in [-0.4, -0.2) is 12.8 Å². The molecule has 0 heterocycles. The van der Waals surface area contributed by atoms with Gasteiger partial charge in [0.1, 0.15) is 5.82 Å². The number of aryl methyl sites for hydroxylation is 2. The first-order valence-electron chi connectivity index (χ1n) is 12.9. The molecule has 0 spiro atoms. The molecule has 0 amide bonds. The van der Waals surface area contributed by atoms with E-state index in [1.165, 1.54) is 62.6 Å². The van der Waals surface area contributed by atoms with Crippen LogP contribution in [0.4, 0.5) is 22.0 Å². The van der Waals surface area contributed by atoms with Crippen LogP contribution in [0.25, 0.3) is 10.8 Å². The van der Waals surface area contributed by atoms with Gasteiger partial charge in [-0.2, -0.15) is 13.2 Å². The summed E-state index contributed by atoms with van der Waals surface area (Å²) in [4.78, 5) is 0. The standard InChI is InChI=1S/C30H33F5O/c1-2-3-4-20-5-9-22(10-6-20)24-14-15-26-25(18-24)13-12-23(29(26)32)11-7-21-8-16-28(27(31)17-21)36-19-30(33,34)35/h8,12-18,20,22H,2-7,9-11,19H2,1H3. The number of rotatable bonds is 9. The van der Waals surface area contributed by atoms with Crippen molar-refractivity contribution in [2.45, 2.75) is 76.8 Å². The second-order valence-corrected chi connectivity index (χ2v) is 10.0. The second-order valence-electron chi connectivity index (χ2n) is 10.0. The summed E-state index contributed by atoms with van der Waals surface area (Å²) >= 11 is 0. The zero-order valence-electron chi connectivity index (χ0n) is 20.6. The average molecular weight is 505 g/mol. The number of hydrogen-bond acceptors (Lipinski definition) is 1. The van der Waals surface area contributed by atoms with Crippen molar-refractivity contribution in [2.24, 2.45) is 5.92 Å². The number of fused-ring (bicyclic) bond motifs is 1. The van der Waals surface area contributed by atoms with Gasteiger partial charge in [0, 0.05) is 5.39 Å². The molecule has 0 saturated heterocycles. The molecule has 194 valence electrons. The van der Waals surface area contributed by atoms with Gasteiger partial charge in [-0.25, -0.2) is 8.78 Å². The molecule has 1 saturated carbocycles. The molecule has 0 atom stereocenters. The van der Waals surface area contributed by atoms with Gasteiger partial charge in [-0.3, -0.25) is 0 Å². The fourth-order valence-corrected chi connectivity index (χ4v) is 5.34. The molecule has 1 aliphatic carbocycles. The Hall–Kier alpha value is -2.63. The molecule has 36 heavy (non-hydrogen) atoms. The van der Waals surface area contributed by atoms with E-state index in [4.69, 9.17) is 0 Å². The molecule has 3 aromatic carbocycles. The maximum Gasteiger partial charge on any atom is 0.422 e. The lowest BCUT2D eigenvalue weighted by molar-refractivity contribution is -0.153. The highest BCUT2D eigenvalue weighted by Gasteiger charge is 2.29. The molecule has 6 heteroatoms. The number of alkyl halides is 3. The topological polar surface area (TPSA) is 9.23 Å². The van der Waals surface area contributed by atoms with Gasteiger partial charge in [0.05, 0.1) is 0 Å². The second kappa shape index (κ2) is 11.6. The van der Waals surface area contributed by atoms with E-state index in [-0.39, 0.29) is 5.82 Å². The van der Waals surface area contributed by atoms with Crippen LogP contribution in [0.15, 0.2) is 48.5 Å². The summed E-state index contributed by atoms with van der Waals surface area (Å²) in [7, 11) is 0. The number of unbranched alkanes of at least 4 members (excludes halogenated alkanes) is 1. The summed E-state index contributed by atoms with van der Waals surface area (Å²) in [5.41, 5.74) is 2.38. The molecule has 1 nitrogen and oxygen atoms in total. The van der Waals surface area contributed by atoms with E-state index in [0.29, 0.717) is 35.3 Å². The molecule has 4 rings (SSSR count). The third-order valence-corrected chi connectivity index (χ3v) is 7.41. The molecule has 1 fully saturated rings. The van der Waals surface area contributed by atoms with E-state index in [0.717, 1.165) is 17.4 Å². The van der Waals surface area contributed by atoms with E-state index in [1.807, 2.05) is 12.1 Å². The van der Waals surface area contributed by atoms with Gasteiger partial charge in [0.15, 0.2) is 18.2 Å². The first-order valence-corrected chi connectivity index (χ1v) is 12.9. The summed E-state index contributed by atoms with van der Waals surface area (Å²) in [6.07, 6.45) is 4.99. The van der Waals surface area contributed by atoms with Crippen LogP contribution < -0.4 is 4.74 Å². The lowest BCUT2D eigenvalue weighted by Crippen LogP contribution is -2.19. The summed E-state index contributed by atoms with van der Waals surface area (Å²) in [6.45, 7) is 0.691. The Morgan fingerprint density at radius 1 is 0.889 bits per heavy atom. The van der Waals surface area contributed by atoms with Crippen molar-refractivity contribution >= 4 is 10.8 Å². The molecule has 1 aliphatic rings. The number of ether oxygens (including phenoxy) is 1. The predicted molar refractivity (Wildman–Crippen MR) is 133 cm³/mol. The highest BCUT2D eigenvalue weighted by molar-refractivity contribution is 5.84. The van der Waals surface area contributed by atoms with E-state index in [9.17, 15) is 17.6 Å². The average Bonchev–Trinajstić information content (AvgIpc) is 2.86. The van der Waals surface area contributed by atoms with Gasteiger partial charge in [-0.1, -0.05) is 62.6 Å². The van der Waals surface area contributed by atoms with Crippen molar-refractivity contribution in [2.75, 3.05) is 6.61 Å². The Bertz CT molecular complexity index is 1160. The van der Waals surface area contributed by atoms with Gasteiger partial charge in [-0.15, -0.1) is 0 Å². The van der Waals surface area contributed by atoms with Gasteiger partial charge < -0.3 is 4.74 Å². The van der Waals surface area contributed by atoms with Crippen LogP contribution >= 0.6 is 0 Å². The molecule has 0 unspecified atom stereocenters. The predicted octanol–water partition coefficient (Wildman–Crippen LogP) is 9.31. The molecule has 0 bridgehead atoms. The molecule has 0 aliphatic heterocycles. The van der Waals surface area contributed by atoms with Crippen molar-refractivity contribution in [1.82, 2.24) is 0 Å². The maximum absolute atomic E-state index is 15.3. The number of halogens is 5. The van der Waals surface area contributed by atoms with Gasteiger partial charge in [0.25, 0.3) is 0 Å². The molecule has 0 radical (unpaired) electrons. The third kappa shape index (κ3) is 6.77. The fraction of sp³-hybridized carbons (Fsp3) is 0.467. The monoisotopic (exact) mass is 504 g/mol. The lowest BCUT2D eigenvalue weighted by atomic mass is 9.77.